The summed E-state index contributed by atoms with van der Waals surface area (Å²) in [4.78, 5) is 0. The average molecular weight is 266 g/mol. The summed E-state index contributed by atoms with van der Waals surface area (Å²) in [7, 11) is 0. The first-order chi connectivity index (χ1) is 9.51. The van der Waals surface area contributed by atoms with Gasteiger partial charge in [-0.2, -0.15) is 5.26 Å². The number of rotatable bonds is 3. The lowest BCUT2D eigenvalue weighted by atomic mass is 10.0. The van der Waals surface area contributed by atoms with Gasteiger partial charge in [-0.1, -0.05) is 23.8 Å². The quantitative estimate of drug-likeness (QED) is 0.881. The third-order valence-electron chi connectivity index (χ3n) is 3.39. The summed E-state index contributed by atoms with van der Waals surface area (Å²) in [5.74, 6) is 0.282. The van der Waals surface area contributed by atoms with Crippen LogP contribution in [0.15, 0.2) is 36.4 Å². The van der Waals surface area contributed by atoms with Gasteiger partial charge in [-0.25, -0.2) is 0 Å². The van der Waals surface area contributed by atoms with Crippen LogP contribution in [0.25, 0.3) is 0 Å². The van der Waals surface area contributed by atoms with E-state index in [-0.39, 0.29) is 11.8 Å². The molecule has 3 nitrogen and oxygen atoms in total. The molecule has 3 heteroatoms. The Hall–Kier alpha value is -2.47. The fourth-order valence-corrected chi connectivity index (χ4v) is 2.18. The van der Waals surface area contributed by atoms with Gasteiger partial charge in [0, 0.05) is 11.3 Å². The highest BCUT2D eigenvalue weighted by molar-refractivity contribution is 5.57. The minimum absolute atomic E-state index is 0.0393. The molecule has 0 spiro atoms. The Morgan fingerprint density at radius 1 is 1.15 bits per heavy atom. The Morgan fingerprint density at radius 3 is 2.60 bits per heavy atom. The van der Waals surface area contributed by atoms with Crippen LogP contribution in [0, 0.1) is 25.2 Å². The normalized spacial score (nSPS) is 11.7. The number of nitriles is 1. The molecule has 0 aliphatic rings. The van der Waals surface area contributed by atoms with E-state index in [0.717, 1.165) is 22.4 Å². The van der Waals surface area contributed by atoms with E-state index in [1.165, 1.54) is 0 Å². The van der Waals surface area contributed by atoms with Crippen LogP contribution in [0.2, 0.25) is 0 Å². The van der Waals surface area contributed by atoms with Gasteiger partial charge >= 0.3 is 0 Å². The Balaban J connectivity index is 2.30. The van der Waals surface area contributed by atoms with E-state index >= 15 is 0 Å². The SMILES string of the molecule is Cc1ccc(O)c(C(C)Nc2cc(C#N)ccc2C)c1. The molecule has 0 aliphatic heterocycles. The lowest BCUT2D eigenvalue weighted by Gasteiger charge is -2.19. The maximum Gasteiger partial charge on any atom is 0.120 e. The lowest BCUT2D eigenvalue weighted by molar-refractivity contribution is 0.465. The molecule has 0 aliphatic carbocycles. The van der Waals surface area contributed by atoms with Gasteiger partial charge in [0.05, 0.1) is 17.7 Å². The third kappa shape index (κ3) is 2.92. The topological polar surface area (TPSA) is 56.0 Å². The van der Waals surface area contributed by atoms with Crippen LogP contribution in [0.3, 0.4) is 0 Å². The van der Waals surface area contributed by atoms with E-state index in [1.54, 1.807) is 12.1 Å². The maximum absolute atomic E-state index is 9.96. The number of aryl methyl sites for hydroxylation is 2. The van der Waals surface area contributed by atoms with Crippen molar-refractivity contribution >= 4 is 5.69 Å². The van der Waals surface area contributed by atoms with Crippen molar-refractivity contribution in [2.75, 3.05) is 5.32 Å². The molecule has 2 N–H and O–H groups in total. The zero-order valence-electron chi connectivity index (χ0n) is 11.9. The van der Waals surface area contributed by atoms with E-state index < -0.39 is 0 Å². The first-order valence-corrected chi connectivity index (χ1v) is 6.58. The molecule has 0 saturated heterocycles. The first-order valence-electron chi connectivity index (χ1n) is 6.58. The van der Waals surface area contributed by atoms with Crippen LogP contribution >= 0.6 is 0 Å². The van der Waals surface area contributed by atoms with E-state index in [2.05, 4.69) is 11.4 Å². The third-order valence-corrected chi connectivity index (χ3v) is 3.39. The van der Waals surface area contributed by atoms with Gasteiger partial charge in [-0.15, -0.1) is 0 Å². The van der Waals surface area contributed by atoms with Gasteiger partial charge in [0.25, 0.3) is 0 Å². The fraction of sp³-hybridized carbons (Fsp3) is 0.235. The predicted molar refractivity (Wildman–Crippen MR) is 80.8 cm³/mol. The molecule has 2 aromatic carbocycles. The number of aromatic hydroxyl groups is 1. The molecule has 0 amide bonds. The number of nitrogens with zero attached hydrogens (tertiary/aromatic N) is 1. The number of benzene rings is 2. The standard InChI is InChI=1S/C17H18N2O/c1-11-4-7-17(20)15(8-11)13(3)19-16-9-14(10-18)6-5-12(16)2/h4-9,13,19-20H,1-3H3. The highest BCUT2D eigenvalue weighted by Crippen LogP contribution is 2.29. The molecule has 0 saturated carbocycles. The maximum atomic E-state index is 9.96. The monoisotopic (exact) mass is 266 g/mol. The number of anilines is 1. The summed E-state index contributed by atoms with van der Waals surface area (Å²) in [6.07, 6.45) is 0. The zero-order chi connectivity index (χ0) is 14.7. The van der Waals surface area contributed by atoms with Crippen molar-refractivity contribution in [3.63, 3.8) is 0 Å². The predicted octanol–water partition coefficient (Wildman–Crippen LogP) is 4.05. The Bertz CT molecular complexity index is 671. The molecule has 102 valence electrons. The van der Waals surface area contributed by atoms with E-state index in [9.17, 15) is 5.11 Å². The largest absolute Gasteiger partial charge is 0.508 e. The van der Waals surface area contributed by atoms with Crippen molar-refractivity contribution in [3.05, 3.63) is 58.7 Å². The number of hydrogen-bond acceptors (Lipinski definition) is 3. The van der Waals surface area contributed by atoms with Gasteiger partial charge < -0.3 is 10.4 Å². The van der Waals surface area contributed by atoms with E-state index in [0.29, 0.717) is 5.56 Å². The van der Waals surface area contributed by atoms with Crippen molar-refractivity contribution in [1.29, 1.82) is 5.26 Å². The van der Waals surface area contributed by atoms with Crippen molar-refractivity contribution in [3.8, 4) is 11.8 Å². The number of nitrogens with one attached hydrogen (secondary N) is 1. The van der Waals surface area contributed by atoms with Gasteiger partial charge in [0.2, 0.25) is 0 Å². The van der Waals surface area contributed by atoms with Gasteiger partial charge in [0.15, 0.2) is 0 Å². The summed E-state index contributed by atoms with van der Waals surface area (Å²) in [5, 5.41) is 22.3. The number of phenolic OH excluding ortho intramolecular Hbond substituents is 1. The molecule has 0 fully saturated rings. The van der Waals surface area contributed by atoms with Crippen molar-refractivity contribution in [2.24, 2.45) is 0 Å². The Morgan fingerprint density at radius 2 is 1.90 bits per heavy atom. The minimum atomic E-state index is -0.0393. The van der Waals surface area contributed by atoms with Gasteiger partial charge in [0.1, 0.15) is 5.75 Å². The molecule has 0 bridgehead atoms. The molecule has 20 heavy (non-hydrogen) atoms. The molecule has 0 heterocycles. The zero-order valence-corrected chi connectivity index (χ0v) is 11.9. The van der Waals surface area contributed by atoms with E-state index in [1.807, 2.05) is 45.0 Å². The Labute approximate surface area is 119 Å². The van der Waals surface area contributed by atoms with Crippen LogP contribution in [-0.4, -0.2) is 5.11 Å². The van der Waals surface area contributed by atoms with Crippen LogP contribution in [0.5, 0.6) is 5.75 Å². The fourth-order valence-electron chi connectivity index (χ4n) is 2.18. The molecule has 1 unspecified atom stereocenters. The van der Waals surface area contributed by atoms with Crippen LogP contribution < -0.4 is 5.32 Å². The van der Waals surface area contributed by atoms with Crippen LogP contribution in [-0.2, 0) is 0 Å². The summed E-state index contributed by atoms with van der Waals surface area (Å²) in [6, 6.07) is 13.2. The smallest absolute Gasteiger partial charge is 0.120 e. The Kier molecular flexibility index (Phi) is 3.95. The highest BCUT2D eigenvalue weighted by atomic mass is 16.3. The molecule has 0 radical (unpaired) electrons. The second kappa shape index (κ2) is 5.66. The number of phenols is 1. The molecule has 0 aromatic heterocycles. The molecule has 1 atom stereocenters. The second-order valence-electron chi connectivity index (χ2n) is 5.07. The average Bonchev–Trinajstić information content (AvgIpc) is 2.43. The van der Waals surface area contributed by atoms with Crippen molar-refractivity contribution in [2.45, 2.75) is 26.8 Å². The van der Waals surface area contributed by atoms with Gasteiger partial charge in [-0.3, -0.25) is 0 Å². The minimum Gasteiger partial charge on any atom is -0.508 e. The summed E-state index contributed by atoms with van der Waals surface area (Å²) < 4.78 is 0. The summed E-state index contributed by atoms with van der Waals surface area (Å²) in [6.45, 7) is 5.98. The molecular formula is C17H18N2O. The van der Waals surface area contributed by atoms with E-state index in [4.69, 9.17) is 5.26 Å². The molecular weight excluding hydrogens is 248 g/mol. The molecule has 2 rings (SSSR count). The van der Waals surface area contributed by atoms with Gasteiger partial charge in [-0.05, 0) is 44.5 Å². The number of hydrogen-bond donors (Lipinski definition) is 2. The molecule has 2 aromatic rings. The second-order valence-corrected chi connectivity index (χ2v) is 5.07. The lowest BCUT2D eigenvalue weighted by Crippen LogP contribution is -2.08. The summed E-state index contributed by atoms with van der Waals surface area (Å²) >= 11 is 0. The van der Waals surface area contributed by atoms with Crippen molar-refractivity contribution in [1.82, 2.24) is 0 Å². The first kappa shape index (κ1) is 14.0. The van der Waals surface area contributed by atoms with Crippen LogP contribution in [0.4, 0.5) is 5.69 Å². The highest BCUT2D eigenvalue weighted by Gasteiger charge is 2.12. The summed E-state index contributed by atoms with van der Waals surface area (Å²) in [5.41, 5.74) is 4.57. The van der Waals surface area contributed by atoms with Crippen LogP contribution in [0.1, 0.15) is 35.2 Å². The van der Waals surface area contributed by atoms with Crippen molar-refractivity contribution < 1.29 is 5.11 Å².